The second-order valence-corrected chi connectivity index (χ2v) is 8.09. The van der Waals surface area contributed by atoms with E-state index < -0.39 is 5.41 Å². The fraction of sp³-hybridized carbons (Fsp3) is 0.375. The molecule has 2 aliphatic rings. The van der Waals surface area contributed by atoms with Crippen LogP contribution in [0.25, 0.3) is 11.5 Å². The molecule has 160 valence electrons. The number of hydrogen-bond donors (Lipinski definition) is 0. The van der Waals surface area contributed by atoms with Crippen LogP contribution in [0.15, 0.2) is 65.3 Å². The minimum atomic E-state index is -0.480. The lowest BCUT2D eigenvalue weighted by atomic mass is 9.73. The predicted octanol–water partition coefficient (Wildman–Crippen LogP) is 3.13. The minimum Gasteiger partial charge on any atom is -0.463 e. The molecule has 2 aliphatic heterocycles. The summed E-state index contributed by atoms with van der Waals surface area (Å²) >= 11 is 0. The van der Waals surface area contributed by atoms with Crippen LogP contribution in [0.4, 0.5) is 5.82 Å². The highest BCUT2D eigenvalue weighted by Crippen LogP contribution is 2.37. The second-order valence-electron chi connectivity index (χ2n) is 8.09. The van der Waals surface area contributed by atoms with Crippen LogP contribution in [0.3, 0.4) is 0 Å². The van der Waals surface area contributed by atoms with E-state index in [2.05, 4.69) is 27.2 Å². The highest BCUT2D eigenvalue weighted by Gasteiger charge is 2.44. The number of carbonyl (C=O) groups excluding carboxylic acids is 1. The number of anilines is 1. The summed E-state index contributed by atoms with van der Waals surface area (Å²) in [7, 11) is 0. The van der Waals surface area contributed by atoms with Gasteiger partial charge in [-0.2, -0.15) is 0 Å². The Morgan fingerprint density at radius 1 is 0.871 bits per heavy atom. The number of aromatic nitrogens is 2. The monoisotopic (exact) mass is 418 g/mol. The summed E-state index contributed by atoms with van der Waals surface area (Å²) in [5.41, 5.74) is 1.34. The molecule has 1 aromatic carbocycles. The maximum Gasteiger partial charge on any atom is 0.233 e. The molecule has 31 heavy (non-hydrogen) atoms. The summed E-state index contributed by atoms with van der Waals surface area (Å²) in [4.78, 5) is 17.9. The van der Waals surface area contributed by atoms with Crippen LogP contribution < -0.4 is 4.90 Å². The molecular weight excluding hydrogens is 392 g/mol. The smallest absolute Gasteiger partial charge is 0.233 e. The fourth-order valence-electron chi connectivity index (χ4n) is 4.59. The van der Waals surface area contributed by atoms with E-state index in [1.807, 2.05) is 47.4 Å². The highest BCUT2D eigenvalue weighted by molar-refractivity contribution is 5.88. The number of piperazine rings is 1. The normalized spacial score (nSPS) is 18.7. The average molecular weight is 418 g/mol. The summed E-state index contributed by atoms with van der Waals surface area (Å²) in [5, 5.41) is 8.67. The molecule has 1 amide bonds. The number of carbonyl (C=O) groups is 1. The van der Waals surface area contributed by atoms with E-state index in [0.717, 1.165) is 37.3 Å². The largest absolute Gasteiger partial charge is 0.463 e. The van der Waals surface area contributed by atoms with Gasteiger partial charge in [0, 0.05) is 39.4 Å². The van der Waals surface area contributed by atoms with Crippen molar-refractivity contribution in [1.29, 1.82) is 0 Å². The van der Waals surface area contributed by atoms with E-state index in [9.17, 15) is 4.79 Å². The van der Waals surface area contributed by atoms with E-state index in [0.29, 0.717) is 37.8 Å². The van der Waals surface area contributed by atoms with Crippen molar-refractivity contribution in [3.8, 4) is 11.5 Å². The van der Waals surface area contributed by atoms with Crippen LogP contribution >= 0.6 is 0 Å². The molecule has 0 saturated carbocycles. The van der Waals surface area contributed by atoms with Gasteiger partial charge in [0.1, 0.15) is 5.69 Å². The zero-order valence-electron chi connectivity index (χ0n) is 17.4. The first-order valence-electron chi connectivity index (χ1n) is 10.8. The van der Waals surface area contributed by atoms with Crippen molar-refractivity contribution in [2.24, 2.45) is 0 Å². The maximum absolute atomic E-state index is 13.7. The number of furan rings is 1. The lowest BCUT2D eigenvalue weighted by molar-refractivity contribution is -0.141. The first kappa shape index (κ1) is 19.8. The highest BCUT2D eigenvalue weighted by atomic mass is 16.5. The molecule has 4 heterocycles. The summed E-state index contributed by atoms with van der Waals surface area (Å²) in [6.07, 6.45) is 3.09. The Balaban J connectivity index is 1.28. The van der Waals surface area contributed by atoms with Crippen molar-refractivity contribution in [2.75, 3.05) is 44.3 Å². The lowest BCUT2D eigenvalue weighted by Gasteiger charge is -2.43. The van der Waals surface area contributed by atoms with Crippen LogP contribution in [-0.2, 0) is 14.9 Å². The lowest BCUT2D eigenvalue weighted by Crippen LogP contribution is -2.56. The Morgan fingerprint density at radius 3 is 2.29 bits per heavy atom. The second kappa shape index (κ2) is 8.51. The van der Waals surface area contributed by atoms with Gasteiger partial charge in [0.25, 0.3) is 0 Å². The zero-order chi connectivity index (χ0) is 21.1. The van der Waals surface area contributed by atoms with Crippen LogP contribution in [0, 0.1) is 0 Å². The van der Waals surface area contributed by atoms with Gasteiger partial charge in [-0.15, -0.1) is 10.2 Å². The standard InChI is InChI=1S/C24H26N4O3/c29-23(24(10-17-30-18-11-24)19-5-2-1-3-6-19)28-14-12-27(13-15-28)22-9-8-20(25-26-22)21-7-4-16-31-21/h1-9,16H,10-15,17-18H2. The Bertz CT molecular complexity index is 991. The molecule has 0 unspecified atom stereocenters. The van der Waals surface area contributed by atoms with Crippen molar-refractivity contribution in [3.05, 3.63) is 66.4 Å². The number of ether oxygens (including phenoxy) is 1. The topological polar surface area (TPSA) is 71.7 Å². The van der Waals surface area contributed by atoms with Crippen LogP contribution in [0.1, 0.15) is 18.4 Å². The third kappa shape index (κ3) is 3.81. The van der Waals surface area contributed by atoms with Gasteiger partial charge in [0.05, 0.1) is 11.7 Å². The van der Waals surface area contributed by atoms with Gasteiger partial charge in [0.2, 0.25) is 5.91 Å². The van der Waals surface area contributed by atoms with E-state index >= 15 is 0 Å². The number of amides is 1. The zero-order valence-corrected chi connectivity index (χ0v) is 17.4. The first-order valence-corrected chi connectivity index (χ1v) is 10.8. The van der Waals surface area contributed by atoms with Gasteiger partial charge in [0.15, 0.2) is 11.6 Å². The predicted molar refractivity (Wildman–Crippen MR) is 117 cm³/mol. The van der Waals surface area contributed by atoms with Crippen LogP contribution in [0.5, 0.6) is 0 Å². The summed E-state index contributed by atoms with van der Waals surface area (Å²) in [6, 6.07) is 17.8. The molecular formula is C24H26N4O3. The van der Waals surface area contributed by atoms with Crippen LogP contribution in [0.2, 0.25) is 0 Å². The SMILES string of the molecule is O=C(N1CCN(c2ccc(-c3ccco3)nn2)CC1)C1(c2ccccc2)CCOCC1. The Morgan fingerprint density at radius 2 is 1.65 bits per heavy atom. The van der Waals surface area contributed by atoms with Gasteiger partial charge < -0.3 is 19.0 Å². The van der Waals surface area contributed by atoms with Gasteiger partial charge in [-0.3, -0.25) is 4.79 Å². The molecule has 3 aromatic rings. The molecule has 2 fully saturated rings. The summed E-state index contributed by atoms with van der Waals surface area (Å²) in [6.45, 7) is 4.08. The molecule has 5 rings (SSSR count). The Kier molecular flexibility index (Phi) is 5.42. The number of hydrogen-bond acceptors (Lipinski definition) is 6. The number of rotatable bonds is 4. The van der Waals surface area contributed by atoms with Crippen molar-refractivity contribution in [3.63, 3.8) is 0 Å². The molecule has 0 bridgehead atoms. The third-order valence-electron chi connectivity index (χ3n) is 6.40. The van der Waals surface area contributed by atoms with Gasteiger partial charge in [-0.1, -0.05) is 30.3 Å². The van der Waals surface area contributed by atoms with Gasteiger partial charge >= 0.3 is 0 Å². The molecule has 0 atom stereocenters. The van der Waals surface area contributed by atoms with Crippen molar-refractivity contribution in [2.45, 2.75) is 18.3 Å². The van der Waals surface area contributed by atoms with Crippen molar-refractivity contribution in [1.82, 2.24) is 15.1 Å². The Hall–Kier alpha value is -3.19. The van der Waals surface area contributed by atoms with E-state index in [1.54, 1.807) is 6.26 Å². The van der Waals surface area contributed by atoms with E-state index in [4.69, 9.17) is 9.15 Å². The molecule has 0 aliphatic carbocycles. The first-order chi connectivity index (χ1) is 15.3. The van der Waals surface area contributed by atoms with Gasteiger partial charge in [-0.05, 0) is 42.7 Å². The van der Waals surface area contributed by atoms with Gasteiger partial charge in [-0.25, -0.2) is 0 Å². The quantitative estimate of drug-likeness (QED) is 0.648. The van der Waals surface area contributed by atoms with Crippen molar-refractivity contribution >= 4 is 11.7 Å². The molecule has 0 radical (unpaired) electrons. The maximum atomic E-state index is 13.7. The molecule has 2 aromatic heterocycles. The molecule has 7 nitrogen and oxygen atoms in total. The number of benzene rings is 1. The van der Waals surface area contributed by atoms with Crippen molar-refractivity contribution < 1.29 is 13.9 Å². The minimum absolute atomic E-state index is 0.223. The average Bonchev–Trinajstić information content (AvgIpc) is 3.40. The molecule has 0 spiro atoms. The number of nitrogens with zero attached hydrogens (tertiary/aromatic N) is 4. The van der Waals surface area contributed by atoms with E-state index in [-0.39, 0.29) is 5.91 Å². The molecule has 2 saturated heterocycles. The van der Waals surface area contributed by atoms with Crippen LogP contribution in [-0.4, -0.2) is 60.4 Å². The summed E-state index contributed by atoms with van der Waals surface area (Å²) < 4.78 is 11.0. The molecule has 0 N–H and O–H groups in total. The fourth-order valence-corrected chi connectivity index (χ4v) is 4.59. The van der Waals surface area contributed by atoms with E-state index in [1.165, 1.54) is 0 Å². The molecule has 7 heteroatoms. The third-order valence-corrected chi connectivity index (χ3v) is 6.40. The Labute approximate surface area is 181 Å². The summed E-state index contributed by atoms with van der Waals surface area (Å²) in [5.74, 6) is 1.75.